The first kappa shape index (κ1) is 13.2. The van der Waals surface area contributed by atoms with Crippen LogP contribution in [0.15, 0.2) is 24.3 Å². The maximum Gasteiger partial charge on any atom is 0.162 e. The summed E-state index contributed by atoms with van der Waals surface area (Å²) >= 11 is 0. The minimum Gasteiger partial charge on any atom is -0.493 e. The Balaban J connectivity index is 2.45. The number of methoxy groups -OCH3 is 2. The molecular weight excluding hydrogens is 240 g/mol. The van der Waals surface area contributed by atoms with Gasteiger partial charge in [0.15, 0.2) is 11.5 Å². The third-order valence-electron chi connectivity index (χ3n) is 2.99. The number of hydrogen-bond donors (Lipinski definition) is 0. The zero-order chi connectivity index (χ0) is 13.8. The van der Waals surface area contributed by atoms with Crippen molar-refractivity contribution >= 4 is 10.9 Å². The van der Waals surface area contributed by atoms with Crippen molar-refractivity contribution in [3.05, 3.63) is 30.0 Å². The molecule has 0 amide bonds. The van der Waals surface area contributed by atoms with Gasteiger partial charge in [0.05, 0.1) is 25.8 Å². The Kier molecular flexibility index (Phi) is 3.86. The highest BCUT2D eigenvalue weighted by molar-refractivity contribution is 5.82. The predicted octanol–water partition coefficient (Wildman–Crippen LogP) is 2.95. The molecule has 2 aromatic rings. The summed E-state index contributed by atoms with van der Waals surface area (Å²) in [4.78, 5) is 4.56. The van der Waals surface area contributed by atoms with E-state index < -0.39 is 0 Å². The minimum absolute atomic E-state index is 0.0370. The molecule has 19 heavy (non-hydrogen) atoms. The van der Waals surface area contributed by atoms with E-state index in [0.717, 1.165) is 16.6 Å². The molecule has 2 rings (SSSR count). The predicted molar refractivity (Wildman–Crippen MR) is 73.3 cm³/mol. The molecule has 0 fully saturated rings. The molecule has 0 N–H and O–H groups in total. The van der Waals surface area contributed by atoms with Crippen LogP contribution in [0, 0.1) is 17.2 Å². The van der Waals surface area contributed by atoms with Gasteiger partial charge in [0.25, 0.3) is 0 Å². The largest absolute Gasteiger partial charge is 0.493 e. The van der Waals surface area contributed by atoms with Crippen LogP contribution in [-0.4, -0.2) is 19.2 Å². The van der Waals surface area contributed by atoms with Crippen LogP contribution in [0.2, 0.25) is 0 Å². The standard InChI is InChI=1S/C15H16N2O2/c1-10(9-16)6-12-5-4-11-7-14(18-2)15(19-3)8-13(11)17-12/h4-5,7-8,10H,6H2,1-3H3. The Bertz CT molecular complexity index is 632. The van der Waals surface area contributed by atoms with Crippen molar-refractivity contribution < 1.29 is 9.47 Å². The van der Waals surface area contributed by atoms with Crippen molar-refractivity contribution in [2.24, 2.45) is 5.92 Å². The van der Waals surface area contributed by atoms with Crippen LogP contribution in [0.1, 0.15) is 12.6 Å². The summed E-state index contributed by atoms with van der Waals surface area (Å²) in [5.74, 6) is 1.31. The van der Waals surface area contributed by atoms with E-state index >= 15 is 0 Å². The normalized spacial score (nSPS) is 11.9. The van der Waals surface area contributed by atoms with Gasteiger partial charge in [-0.15, -0.1) is 0 Å². The quantitative estimate of drug-likeness (QED) is 0.844. The first-order valence-electron chi connectivity index (χ1n) is 6.09. The smallest absolute Gasteiger partial charge is 0.162 e. The molecule has 1 atom stereocenters. The monoisotopic (exact) mass is 256 g/mol. The van der Waals surface area contributed by atoms with Gasteiger partial charge in [-0.05, 0) is 19.1 Å². The highest BCUT2D eigenvalue weighted by atomic mass is 16.5. The second-order valence-corrected chi connectivity index (χ2v) is 4.44. The van der Waals surface area contributed by atoms with Crippen LogP contribution >= 0.6 is 0 Å². The van der Waals surface area contributed by atoms with Gasteiger partial charge in [-0.2, -0.15) is 5.26 Å². The molecule has 4 heteroatoms. The van der Waals surface area contributed by atoms with Crippen LogP contribution in [-0.2, 0) is 6.42 Å². The number of aromatic nitrogens is 1. The Labute approximate surface area is 112 Å². The number of hydrogen-bond acceptors (Lipinski definition) is 4. The molecule has 0 aliphatic rings. The van der Waals surface area contributed by atoms with Crippen LogP contribution in [0.5, 0.6) is 11.5 Å². The molecule has 0 spiro atoms. The van der Waals surface area contributed by atoms with Crippen molar-refractivity contribution in [3.63, 3.8) is 0 Å². The van der Waals surface area contributed by atoms with Gasteiger partial charge in [-0.25, -0.2) is 0 Å². The van der Waals surface area contributed by atoms with Gasteiger partial charge in [0.2, 0.25) is 0 Å². The Morgan fingerprint density at radius 2 is 1.89 bits per heavy atom. The fraction of sp³-hybridized carbons (Fsp3) is 0.333. The number of fused-ring (bicyclic) bond motifs is 1. The summed E-state index contributed by atoms with van der Waals surface area (Å²) in [6.07, 6.45) is 0.654. The molecule has 0 radical (unpaired) electrons. The van der Waals surface area contributed by atoms with E-state index in [9.17, 15) is 0 Å². The lowest BCUT2D eigenvalue weighted by Gasteiger charge is -2.10. The molecule has 0 saturated heterocycles. The SMILES string of the molecule is COc1cc2ccc(CC(C)C#N)nc2cc1OC. The summed E-state index contributed by atoms with van der Waals surface area (Å²) in [5.41, 5.74) is 1.76. The third-order valence-corrected chi connectivity index (χ3v) is 2.99. The van der Waals surface area contributed by atoms with Crippen molar-refractivity contribution in [3.8, 4) is 17.6 Å². The summed E-state index contributed by atoms with van der Waals surface area (Å²) in [7, 11) is 3.21. The van der Waals surface area contributed by atoms with E-state index in [1.165, 1.54) is 0 Å². The molecule has 1 unspecified atom stereocenters. The zero-order valence-electron chi connectivity index (χ0n) is 11.3. The first-order chi connectivity index (χ1) is 9.17. The average Bonchev–Trinajstić information content (AvgIpc) is 2.45. The topological polar surface area (TPSA) is 55.1 Å². The van der Waals surface area contributed by atoms with Gasteiger partial charge in [-0.1, -0.05) is 6.07 Å². The number of benzene rings is 1. The van der Waals surface area contributed by atoms with Crippen LogP contribution in [0.25, 0.3) is 10.9 Å². The lowest BCUT2D eigenvalue weighted by molar-refractivity contribution is 0.356. The van der Waals surface area contributed by atoms with Gasteiger partial charge in [0, 0.05) is 29.5 Å². The molecule has 0 aliphatic carbocycles. The minimum atomic E-state index is -0.0370. The summed E-state index contributed by atoms with van der Waals surface area (Å²) in [6.45, 7) is 1.89. The van der Waals surface area contributed by atoms with Gasteiger partial charge >= 0.3 is 0 Å². The molecule has 0 bridgehead atoms. The van der Waals surface area contributed by atoms with Crippen LogP contribution in [0.3, 0.4) is 0 Å². The highest BCUT2D eigenvalue weighted by Crippen LogP contribution is 2.31. The van der Waals surface area contributed by atoms with E-state index in [0.29, 0.717) is 17.9 Å². The van der Waals surface area contributed by atoms with E-state index in [1.807, 2.05) is 31.2 Å². The van der Waals surface area contributed by atoms with Gasteiger partial charge in [-0.3, -0.25) is 4.98 Å². The second-order valence-electron chi connectivity index (χ2n) is 4.44. The van der Waals surface area contributed by atoms with Crippen molar-refractivity contribution in [1.29, 1.82) is 5.26 Å². The van der Waals surface area contributed by atoms with E-state index in [1.54, 1.807) is 14.2 Å². The molecule has 1 heterocycles. The molecule has 98 valence electrons. The van der Waals surface area contributed by atoms with Gasteiger partial charge < -0.3 is 9.47 Å². The molecular formula is C15H16N2O2. The zero-order valence-corrected chi connectivity index (χ0v) is 11.3. The van der Waals surface area contributed by atoms with E-state index in [-0.39, 0.29) is 5.92 Å². The van der Waals surface area contributed by atoms with Crippen LogP contribution in [0.4, 0.5) is 0 Å². The van der Waals surface area contributed by atoms with Crippen molar-refractivity contribution in [1.82, 2.24) is 4.98 Å². The molecule has 0 saturated carbocycles. The summed E-state index contributed by atoms with van der Waals surface area (Å²) in [5, 5.41) is 9.84. The maximum absolute atomic E-state index is 8.85. The third kappa shape index (κ3) is 2.76. The van der Waals surface area contributed by atoms with Gasteiger partial charge in [0.1, 0.15) is 0 Å². The number of nitriles is 1. The molecule has 4 nitrogen and oxygen atoms in total. The second kappa shape index (κ2) is 5.57. The maximum atomic E-state index is 8.85. The van der Waals surface area contributed by atoms with Crippen molar-refractivity contribution in [2.75, 3.05) is 14.2 Å². The molecule has 1 aromatic heterocycles. The molecule has 0 aliphatic heterocycles. The summed E-state index contributed by atoms with van der Waals surface area (Å²) < 4.78 is 10.5. The Hall–Kier alpha value is -2.28. The number of rotatable bonds is 4. The fourth-order valence-corrected chi connectivity index (χ4v) is 1.97. The Morgan fingerprint density at radius 1 is 1.21 bits per heavy atom. The van der Waals surface area contributed by atoms with E-state index in [4.69, 9.17) is 14.7 Å². The molecule has 1 aromatic carbocycles. The lowest BCUT2D eigenvalue weighted by atomic mass is 10.1. The number of pyridine rings is 1. The lowest BCUT2D eigenvalue weighted by Crippen LogP contribution is -1.99. The average molecular weight is 256 g/mol. The first-order valence-corrected chi connectivity index (χ1v) is 6.09. The highest BCUT2D eigenvalue weighted by Gasteiger charge is 2.09. The van der Waals surface area contributed by atoms with Crippen molar-refractivity contribution in [2.45, 2.75) is 13.3 Å². The fourth-order valence-electron chi connectivity index (χ4n) is 1.97. The van der Waals surface area contributed by atoms with E-state index in [2.05, 4.69) is 11.1 Å². The number of nitrogens with zero attached hydrogens (tertiary/aromatic N) is 2. The summed E-state index contributed by atoms with van der Waals surface area (Å²) in [6, 6.07) is 9.91. The Morgan fingerprint density at radius 3 is 2.53 bits per heavy atom. The number of ether oxygens (including phenoxy) is 2. The van der Waals surface area contributed by atoms with Crippen LogP contribution < -0.4 is 9.47 Å².